The van der Waals surface area contributed by atoms with Gasteiger partial charge in [0.25, 0.3) is 0 Å². The van der Waals surface area contributed by atoms with Crippen molar-refractivity contribution in [3.05, 3.63) is 35.9 Å². The molecule has 0 saturated heterocycles. The second-order valence-corrected chi connectivity index (χ2v) is 3.08. The van der Waals surface area contributed by atoms with Crippen LogP contribution in [0.15, 0.2) is 30.3 Å². The molecule has 0 bridgehead atoms. The number of benzene rings is 1. The van der Waals surface area contributed by atoms with E-state index in [4.69, 9.17) is 0 Å². The maximum absolute atomic E-state index is 3.06. The van der Waals surface area contributed by atoms with Crippen LogP contribution < -0.4 is 0 Å². The molecule has 0 spiro atoms. The lowest BCUT2D eigenvalue weighted by Gasteiger charge is -1.84. The molecule has 0 heterocycles. The molecule has 0 nitrogen and oxygen atoms in total. The second-order valence-electron chi connectivity index (χ2n) is 3.08. The Morgan fingerprint density at radius 2 is 1.44 bits per heavy atom. The fourth-order valence-corrected chi connectivity index (χ4v) is 1.07. The predicted molar refractivity (Wildman–Crippen MR) is 68.4 cm³/mol. The zero-order valence-electron chi connectivity index (χ0n) is 9.51. The van der Waals surface area contributed by atoms with Crippen LogP contribution in [0, 0.1) is 35.5 Å². The molecule has 1 aromatic carbocycles. The largest absolute Gasteiger partial charge is 0.103 e. The molecule has 0 aliphatic heterocycles. The molecule has 1 aromatic rings. The van der Waals surface area contributed by atoms with E-state index in [9.17, 15) is 0 Å². The van der Waals surface area contributed by atoms with Crippen molar-refractivity contribution in [2.45, 2.75) is 26.2 Å². The Kier molecular flexibility index (Phi) is 6.16. The number of rotatable bonds is 0. The molecule has 0 aromatic heterocycles. The molecule has 16 heavy (non-hydrogen) atoms. The Balaban J connectivity index is 2.33. The Bertz CT molecular complexity index is 475. The Morgan fingerprint density at radius 3 is 2.12 bits per heavy atom. The van der Waals surface area contributed by atoms with Gasteiger partial charge in [-0.25, -0.2) is 0 Å². The molecule has 0 amide bonds. The van der Waals surface area contributed by atoms with E-state index in [2.05, 4.69) is 35.5 Å². The van der Waals surface area contributed by atoms with Gasteiger partial charge in [-0.3, -0.25) is 0 Å². The smallest absolute Gasteiger partial charge is 0.0706 e. The quantitative estimate of drug-likeness (QED) is 0.572. The summed E-state index contributed by atoms with van der Waals surface area (Å²) in [6, 6.07) is 9.93. The van der Waals surface area contributed by atoms with E-state index >= 15 is 0 Å². The van der Waals surface area contributed by atoms with Crippen LogP contribution in [0.1, 0.15) is 31.7 Å². The van der Waals surface area contributed by atoms with Crippen LogP contribution in [-0.2, 0) is 0 Å². The van der Waals surface area contributed by atoms with Crippen molar-refractivity contribution in [3.63, 3.8) is 0 Å². The molecule has 0 fully saturated rings. The first-order valence-corrected chi connectivity index (χ1v) is 5.39. The lowest BCUT2D eigenvalue weighted by Crippen LogP contribution is -1.70. The minimum Gasteiger partial charge on any atom is -0.103 e. The third kappa shape index (κ3) is 5.59. The summed E-state index contributed by atoms with van der Waals surface area (Å²) in [5.41, 5.74) is 1.04. The van der Waals surface area contributed by atoms with Crippen molar-refractivity contribution in [1.82, 2.24) is 0 Å². The van der Waals surface area contributed by atoms with E-state index in [1.54, 1.807) is 0 Å². The highest BCUT2D eigenvalue weighted by Crippen LogP contribution is 1.94. The van der Waals surface area contributed by atoms with E-state index in [-0.39, 0.29) is 0 Å². The normalized spacial score (nSPS) is 7.56. The molecule has 0 heteroatoms. The predicted octanol–water partition coefficient (Wildman–Crippen LogP) is 3.24. The third-order valence-electron chi connectivity index (χ3n) is 1.79. The molecule has 0 radical (unpaired) electrons. The highest BCUT2D eigenvalue weighted by atomic mass is 13.8. The average Bonchev–Trinajstić information content (AvgIpc) is 2.34. The molecule has 0 atom stereocenters. The highest BCUT2D eigenvalue weighted by molar-refractivity contribution is 5.34. The van der Waals surface area contributed by atoms with Crippen molar-refractivity contribution >= 4 is 0 Å². The summed E-state index contributed by atoms with van der Waals surface area (Å²) in [5, 5.41) is 0. The maximum atomic E-state index is 3.06. The molecule has 78 valence electrons. The van der Waals surface area contributed by atoms with Crippen molar-refractivity contribution in [2.24, 2.45) is 0 Å². The van der Waals surface area contributed by atoms with E-state index < -0.39 is 0 Å². The summed E-state index contributed by atoms with van der Waals surface area (Å²) in [6.45, 7) is 2.03. The average molecular weight is 206 g/mol. The van der Waals surface area contributed by atoms with Crippen LogP contribution in [-0.4, -0.2) is 0 Å². The SMILES string of the molecule is CCC#CCC#CCC#Cc1ccccc1. The highest BCUT2D eigenvalue weighted by Gasteiger charge is 1.79. The van der Waals surface area contributed by atoms with Crippen molar-refractivity contribution < 1.29 is 0 Å². The van der Waals surface area contributed by atoms with Gasteiger partial charge in [0.15, 0.2) is 0 Å². The molecular formula is C16H14. The molecule has 0 aliphatic rings. The molecule has 0 N–H and O–H groups in total. The fourth-order valence-electron chi connectivity index (χ4n) is 1.07. The van der Waals surface area contributed by atoms with Gasteiger partial charge in [-0.1, -0.05) is 54.7 Å². The van der Waals surface area contributed by atoms with Gasteiger partial charge >= 0.3 is 0 Å². The lowest BCUT2D eigenvalue weighted by molar-refractivity contribution is 1.27. The van der Waals surface area contributed by atoms with E-state index in [0.717, 1.165) is 12.0 Å². The van der Waals surface area contributed by atoms with Gasteiger partial charge in [-0.05, 0) is 12.1 Å². The fraction of sp³-hybridized carbons (Fsp3) is 0.250. The van der Waals surface area contributed by atoms with Gasteiger partial charge in [0.1, 0.15) is 0 Å². The van der Waals surface area contributed by atoms with Gasteiger partial charge in [-0.15, -0.1) is 5.92 Å². The molecule has 1 rings (SSSR count). The van der Waals surface area contributed by atoms with Crippen molar-refractivity contribution in [1.29, 1.82) is 0 Å². The molecule has 0 saturated carbocycles. The third-order valence-corrected chi connectivity index (χ3v) is 1.79. The monoisotopic (exact) mass is 206 g/mol. The summed E-state index contributed by atoms with van der Waals surface area (Å²) in [4.78, 5) is 0. The van der Waals surface area contributed by atoms with Crippen LogP contribution in [0.5, 0.6) is 0 Å². The zero-order chi connectivity index (χ0) is 11.5. The van der Waals surface area contributed by atoms with Crippen LogP contribution in [0.4, 0.5) is 0 Å². The van der Waals surface area contributed by atoms with Crippen LogP contribution >= 0.6 is 0 Å². The summed E-state index contributed by atoms with van der Waals surface area (Å²) < 4.78 is 0. The van der Waals surface area contributed by atoms with Gasteiger partial charge in [0.2, 0.25) is 0 Å². The number of hydrogen-bond acceptors (Lipinski definition) is 0. The van der Waals surface area contributed by atoms with Crippen molar-refractivity contribution in [3.8, 4) is 35.5 Å². The molecular weight excluding hydrogens is 192 g/mol. The van der Waals surface area contributed by atoms with Gasteiger partial charge in [-0.2, -0.15) is 0 Å². The van der Waals surface area contributed by atoms with Gasteiger partial charge in [0, 0.05) is 12.0 Å². The minimum atomic E-state index is 0.614. The maximum Gasteiger partial charge on any atom is 0.0706 e. The standard InChI is InChI=1S/C16H14/c1-2-3-4-5-6-7-8-10-13-16-14-11-9-12-15-16/h9,11-12,14-15H,2,5,8H2,1H3. The van der Waals surface area contributed by atoms with E-state index in [1.165, 1.54) is 0 Å². The van der Waals surface area contributed by atoms with Crippen LogP contribution in [0.3, 0.4) is 0 Å². The van der Waals surface area contributed by atoms with Gasteiger partial charge < -0.3 is 0 Å². The first-order chi connectivity index (χ1) is 7.93. The summed E-state index contributed by atoms with van der Waals surface area (Å²) >= 11 is 0. The first-order valence-electron chi connectivity index (χ1n) is 5.39. The Labute approximate surface area is 98.1 Å². The summed E-state index contributed by atoms with van der Waals surface area (Å²) in [5.74, 6) is 18.0. The number of hydrogen-bond donors (Lipinski definition) is 0. The molecule has 0 aliphatic carbocycles. The van der Waals surface area contributed by atoms with Crippen LogP contribution in [0.2, 0.25) is 0 Å². The topological polar surface area (TPSA) is 0 Å². The first kappa shape index (κ1) is 12.0. The summed E-state index contributed by atoms with van der Waals surface area (Å²) in [7, 11) is 0. The summed E-state index contributed by atoms with van der Waals surface area (Å²) in [6.07, 6.45) is 2.17. The minimum absolute atomic E-state index is 0.614. The van der Waals surface area contributed by atoms with Crippen LogP contribution in [0.25, 0.3) is 0 Å². The Morgan fingerprint density at radius 1 is 0.812 bits per heavy atom. The zero-order valence-corrected chi connectivity index (χ0v) is 9.51. The second kappa shape index (κ2) is 8.23. The van der Waals surface area contributed by atoms with Crippen molar-refractivity contribution in [2.75, 3.05) is 0 Å². The van der Waals surface area contributed by atoms with Gasteiger partial charge in [0.05, 0.1) is 12.8 Å². The van der Waals surface area contributed by atoms with E-state index in [1.807, 2.05) is 37.3 Å². The lowest BCUT2D eigenvalue weighted by atomic mass is 10.2. The molecule has 0 unspecified atom stereocenters. The van der Waals surface area contributed by atoms with E-state index in [0.29, 0.717) is 12.8 Å². The Hall–Kier alpha value is -2.10.